The van der Waals surface area contributed by atoms with Crippen LogP contribution in [0.5, 0.6) is 0 Å². The summed E-state index contributed by atoms with van der Waals surface area (Å²) >= 11 is 0. The van der Waals surface area contributed by atoms with Gasteiger partial charge in [-0.3, -0.25) is 9.69 Å². The van der Waals surface area contributed by atoms with Crippen molar-refractivity contribution in [2.45, 2.75) is 13.1 Å². The molecule has 0 aliphatic carbocycles. The van der Waals surface area contributed by atoms with Crippen LogP contribution in [0.1, 0.15) is 16.3 Å². The van der Waals surface area contributed by atoms with Crippen molar-refractivity contribution in [1.29, 1.82) is 0 Å². The zero-order valence-electron chi connectivity index (χ0n) is 11.9. The van der Waals surface area contributed by atoms with Gasteiger partial charge in [0.2, 0.25) is 0 Å². The van der Waals surface area contributed by atoms with Gasteiger partial charge in [0.25, 0.3) is 5.91 Å². The molecule has 21 heavy (non-hydrogen) atoms. The van der Waals surface area contributed by atoms with Crippen LogP contribution in [0.2, 0.25) is 0 Å². The zero-order valence-corrected chi connectivity index (χ0v) is 11.9. The number of hydrogen-bond donors (Lipinski definition) is 0. The number of methoxy groups -OCH3 is 1. The molecular formula is C13H18N4O4. The summed E-state index contributed by atoms with van der Waals surface area (Å²) in [5.74, 6) is 0.632. The smallest absolute Gasteiger partial charge is 0.409 e. The highest BCUT2D eigenvalue weighted by atomic mass is 16.5. The van der Waals surface area contributed by atoms with Crippen LogP contribution >= 0.6 is 0 Å². The minimum atomic E-state index is -0.370. The van der Waals surface area contributed by atoms with Gasteiger partial charge >= 0.3 is 6.09 Å². The lowest BCUT2D eigenvalue weighted by atomic mass is 10.3. The average Bonchev–Trinajstić information content (AvgIpc) is 2.97. The highest BCUT2D eigenvalue weighted by molar-refractivity contribution is 5.92. The fourth-order valence-corrected chi connectivity index (χ4v) is 2.57. The van der Waals surface area contributed by atoms with Gasteiger partial charge in [0, 0.05) is 32.4 Å². The van der Waals surface area contributed by atoms with Crippen LogP contribution in [0, 0.1) is 0 Å². The van der Waals surface area contributed by atoms with Crippen LogP contribution in [0.3, 0.4) is 0 Å². The lowest BCUT2D eigenvalue weighted by Gasteiger charge is -2.26. The van der Waals surface area contributed by atoms with Crippen LogP contribution < -0.4 is 0 Å². The molecule has 2 amide bonds. The summed E-state index contributed by atoms with van der Waals surface area (Å²) in [6.07, 6.45) is 1.40. The Morgan fingerprint density at radius 2 is 1.95 bits per heavy atom. The van der Waals surface area contributed by atoms with Gasteiger partial charge in [-0.15, -0.1) is 0 Å². The highest BCUT2D eigenvalue weighted by Crippen LogP contribution is 2.15. The number of amides is 2. The van der Waals surface area contributed by atoms with E-state index in [4.69, 9.17) is 9.47 Å². The van der Waals surface area contributed by atoms with E-state index in [1.54, 1.807) is 16.0 Å². The first kappa shape index (κ1) is 13.9. The van der Waals surface area contributed by atoms with Crippen LogP contribution in [-0.4, -0.2) is 71.3 Å². The van der Waals surface area contributed by atoms with E-state index in [2.05, 4.69) is 4.98 Å². The molecule has 0 unspecified atom stereocenters. The Morgan fingerprint density at radius 3 is 2.67 bits per heavy atom. The van der Waals surface area contributed by atoms with E-state index in [1.165, 1.54) is 7.11 Å². The Balaban J connectivity index is 1.74. The van der Waals surface area contributed by atoms with Gasteiger partial charge in [-0.2, -0.15) is 0 Å². The molecule has 0 radical (unpaired) electrons. The van der Waals surface area contributed by atoms with E-state index in [-0.39, 0.29) is 12.0 Å². The normalized spacial score (nSPS) is 18.3. The van der Waals surface area contributed by atoms with E-state index >= 15 is 0 Å². The largest absolute Gasteiger partial charge is 0.453 e. The lowest BCUT2D eigenvalue weighted by molar-refractivity contribution is 0.0299. The Bertz CT molecular complexity index is 550. The maximum atomic E-state index is 12.4. The number of nitrogens with zero attached hydrogens (tertiary/aromatic N) is 4. The van der Waals surface area contributed by atoms with Crippen molar-refractivity contribution < 1.29 is 19.1 Å². The van der Waals surface area contributed by atoms with E-state index < -0.39 is 0 Å². The summed E-state index contributed by atoms with van der Waals surface area (Å²) in [5, 5.41) is 0. The summed E-state index contributed by atoms with van der Waals surface area (Å²) in [5.41, 5.74) is 0.429. The molecule has 0 aromatic carbocycles. The predicted octanol–water partition coefficient (Wildman–Crippen LogP) is -0.0625. The minimum Gasteiger partial charge on any atom is -0.453 e. The summed E-state index contributed by atoms with van der Waals surface area (Å²) in [4.78, 5) is 31.6. The second-order valence-corrected chi connectivity index (χ2v) is 5.03. The SMILES string of the molecule is COC(=O)N1CCn2cc(C(=O)N3CCOCC3)nc2C1. The molecule has 0 bridgehead atoms. The maximum absolute atomic E-state index is 12.4. The molecule has 2 aliphatic rings. The summed E-state index contributed by atoms with van der Waals surface area (Å²) < 4.78 is 11.9. The van der Waals surface area contributed by atoms with Crippen molar-refractivity contribution in [2.24, 2.45) is 0 Å². The van der Waals surface area contributed by atoms with Crippen molar-refractivity contribution in [1.82, 2.24) is 19.4 Å². The number of carbonyl (C=O) groups excluding carboxylic acids is 2. The van der Waals surface area contributed by atoms with E-state index in [9.17, 15) is 9.59 Å². The van der Waals surface area contributed by atoms with Gasteiger partial charge < -0.3 is 18.9 Å². The Morgan fingerprint density at radius 1 is 1.19 bits per heavy atom. The summed E-state index contributed by atoms with van der Waals surface area (Å²) in [6.45, 7) is 3.85. The topological polar surface area (TPSA) is 76.9 Å². The third-order valence-corrected chi connectivity index (χ3v) is 3.75. The van der Waals surface area contributed by atoms with E-state index in [1.807, 2.05) is 4.57 Å². The van der Waals surface area contributed by atoms with Crippen molar-refractivity contribution in [2.75, 3.05) is 40.0 Å². The number of hydrogen-bond acceptors (Lipinski definition) is 5. The molecule has 0 spiro atoms. The van der Waals surface area contributed by atoms with Crippen LogP contribution in [-0.2, 0) is 22.6 Å². The first-order valence-electron chi connectivity index (χ1n) is 6.95. The minimum absolute atomic E-state index is 0.0789. The van der Waals surface area contributed by atoms with Gasteiger partial charge in [0.15, 0.2) is 0 Å². The first-order chi connectivity index (χ1) is 10.2. The second-order valence-electron chi connectivity index (χ2n) is 5.03. The number of morpholine rings is 1. The molecule has 8 nitrogen and oxygen atoms in total. The fourth-order valence-electron chi connectivity index (χ4n) is 2.57. The first-order valence-corrected chi connectivity index (χ1v) is 6.95. The second kappa shape index (κ2) is 5.72. The molecule has 1 aromatic heterocycles. The molecule has 1 saturated heterocycles. The number of imidazole rings is 1. The predicted molar refractivity (Wildman–Crippen MR) is 71.8 cm³/mol. The lowest BCUT2D eigenvalue weighted by Crippen LogP contribution is -2.40. The van der Waals surface area contributed by atoms with Crippen molar-refractivity contribution >= 4 is 12.0 Å². The summed E-state index contributed by atoms with van der Waals surface area (Å²) in [6, 6.07) is 0. The molecule has 2 aliphatic heterocycles. The number of ether oxygens (including phenoxy) is 2. The molecule has 8 heteroatoms. The van der Waals surface area contributed by atoms with Gasteiger partial charge in [-0.05, 0) is 0 Å². The zero-order chi connectivity index (χ0) is 14.8. The molecular weight excluding hydrogens is 276 g/mol. The standard InChI is InChI=1S/C13H18N4O4/c1-20-13(19)17-3-2-16-8-10(14-11(16)9-17)12(18)15-4-6-21-7-5-15/h8H,2-7,9H2,1H3. The quantitative estimate of drug-likeness (QED) is 0.725. The Hall–Kier alpha value is -2.09. The number of aromatic nitrogens is 2. The van der Waals surface area contributed by atoms with Gasteiger partial charge in [0.05, 0.1) is 26.9 Å². The molecule has 3 rings (SSSR count). The summed E-state index contributed by atoms with van der Waals surface area (Å²) in [7, 11) is 1.36. The molecule has 1 aromatic rings. The van der Waals surface area contributed by atoms with Crippen molar-refractivity contribution in [3.8, 4) is 0 Å². The third-order valence-electron chi connectivity index (χ3n) is 3.75. The molecule has 0 saturated carbocycles. The maximum Gasteiger partial charge on any atom is 0.409 e. The Kier molecular flexibility index (Phi) is 3.78. The number of fused-ring (bicyclic) bond motifs is 1. The molecule has 0 N–H and O–H groups in total. The van der Waals surface area contributed by atoms with Crippen molar-refractivity contribution in [3.05, 3.63) is 17.7 Å². The monoisotopic (exact) mass is 294 g/mol. The van der Waals surface area contributed by atoms with E-state index in [0.717, 1.165) is 0 Å². The average molecular weight is 294 g/mol. The van der Waals surface area contributed by atoms with Gasteiger partial charge in [-0.1, -0.05) is 0 Å². The number of rotatable bonds is 1. The Labute approximate surface area is 122 Å². The molecule has 114 valence electrons. The molecule has 0 atom stereocenters. The van der Waals surface area contributed by atoms with Gasteiger partial charge in [0.1, 0.15) is 11.5 Å². The van der Waals surface area contributed by atoms with Crippen molar-refractivity contribution in [3.63, 3.8) is 0 Å². The van der Waals surface area contributed by atoms with Crippen LogP contribution in [0.15, 0.2) is 6.20 Å². The fraction of sp³-hybridized carbons (Fsp3) is 0.615. The third kappa shape index (κ3) is 2.71. The molecule has 1 fully saturated rings. The molecule has 3 heterocycles. The highest BCUT2D eigenvalue weighted by Gasteiger charge is 2.26. The van der Waals surface area contributed by atoms with Gasteiger partial charge in [-0.25, -0.2) is 9.78 Å². The van der Waals surface area contributed by atoms with Crippen LogP contribution in [0.25, 0.3) is 0 Å². The van der Waals surface area contributed by atoms with Crippen LogP contribution in [0.4, 0.5) is 4.79 Å². The number of carbonyl (C=O) groups is 2. The van der Waals surface area contributed by atoms with E-state index in [0.29, 0.717) is 57.5 Å².